The predicted molar refractivity (Wildman–Crippen MR) is 215 cm³/mol. The Labute approximate surface area is 317 Å². The largest absolute Gasteiger partial charge is 0.462 e. The highest BCUT2D eigenvalue weighted by Gasteiger charge is 2.19. The van der Waals surface area contributed by atoms with E-state index in [1.165, 1.54) is 141 Å². The van der Waals surface area contributed by atoms with Crippen molar-refractivity contribution in [2.24, 2.45) is 5.92 Å². The molecule has 0 aliphatic rings. The van der Waals surface area contributed by atoms with Gasteiger partial charge in [-0.15, -0.1) is 0 Å². The second-order valence-corrected chi connectivity index (χ2v) is 15.6. The third kappa shape index (κ3) is 38.0. The zero-order valence-corrected chi connectivity index (χ0v) is 34.6. The number of carbonyl (C=O) groups is 3. The fraction of sp³-hybridized carbons (Fsp3) is 0.933. The van der Waals surface area contributed by atoms with Gasteiger partial charge in [0.2, 0.25) is 0 Å². The van der Waals surface area contributed by atoms with Crippen LogP contribution in [0.3, 0.4) is 0 Å². The molecule has 0 N–H and O–H groups in total. The van der Waals surface area contributed by atoms with Crippen molar-refractivity contribution in [2.45, 2.75) is 252 Å². The van der Waals surface area contributed by atoms with E-state index in [-0.39, 0.29) is 31.1 Å². The van der Waals surface area contributed by atoms with Crippen molar-refractivity contribution in [2.75, 3.05) is 13.2 Å². The summed E-state index contributed by atoms with van der Waals surface area (Å²) in [6.45, 7) is 8.95. The van der Waals surface area contributed by atoms with E-state index in [4.69, 9.17) is 14.2 Å². The Morgan fingerprint density at radius 2 is 0.686 bits per heavy atom. The first-order valence-electron chi connectivity index (χ1n) is 22.4. The van der Waals surface area contributed by atoms with Crippen LogP contribution in [-0.2, 0) is 28.6 Å². The summed E-state index contributed by atoms with van der Waals surface area (Å²) in [6.07, 6.45) is 38.0. The molecule has 2 atom stereocenters. The molecule has 0 spiro atoms. The quantitative estimate of drug-likeness (QED) is 0.0356. The average Bonchev–Trinajstić information content (AvgIpc) is 3.13. The Morgan fingerprint density at radius 3 is 1.02 bits per heavy atom. The van der Waals surface area contributed by atoms with Crippen LogP contribution in [0.15, 0.2) is 0 Å². The number of hydrogen-bond acceptors (Lipinski definition) is 6. The lowest BCUT2D eigenvalue weighted by Crippen LogP contribution is -2.30. The van der Waals surface area contributed by atoms with E-state index in [9.17, 15) is 14.4 Å². The van der Waals surface area contributed by atoms with Crippen LogP contribution < -0.4 is 0 Å². The van der Waals surface area contributed by atoms with Crippen molar-refractivity contribution in [3.63, 3.8) is 0 Å². The number of ether oxygens (including phenoxy) is 3. The molecule has 6 nitrogen and oxygen atoms in total. The summed E-state index contributed by atoms with van der Waals surface area (Å²) < 4.78 is 16.7. The van der Waals surface area contributed by atoms with Gasteiger partial charge < -0.3 is 14.2 Å². The van der Waals surface area contributed by atoms with Crippen molar-refractivity contribution in [3.05, 3.63) is 0 Å². The van der Waals surface area contributed by atoms with Crippen LogP contribution in [0.1, 0.15) is 246 Å². The summed E-state index contributed by atoms with van der Waals surface area (Å²) in [4.78, 5) is 37.6. The lowest BCUT2D eigenvalue weighted by atomic mass is 10.00. The molecule has 0 amide bonds. The van der Waals surface area contributed by atoms with Crippen LogP contribution in [-0.4, -0.2) is 37.2 Å². The van der Waals surface area contributed by atoms with Gasteiger partial charge in [-0.2, -0.15) is 0 Å². The Bertz CT molecular complexity index is 768. The summed E-state index contributed by atoms with van der Waals surface area (Å²) in [5.74, 6) is -0.0445. The first-order chi connectivity index (χ1) is 24.9. The highest BCUT2D eigenvalue weighted by atomic mass is 16.6. The summed E-state index contributed by atoms with van der Waals surface area (Å²) in [5.41, 5.74) is 0. The number of unbranched alkanes of at least 4 members (excludes halogenated alkanes) is 26. The minimum absolute atomic E-state index is 0.0646. The summed E-state index contributed by atoms with van der Waals surface area (Å²) >= 11 is 0. The molecule has 0 bridgehead atoms. The maximum Gasteiger partial charge on any atom is 0.306 e. The number of esters is 3. The van der Waals surface area contributed by atoms with Crippen LogP contribution in [0, 0.1) is 5.92 Å². The van der Waals surface area contributed by atoms with Gasteiger partial charge in [-0.05, 0) is 25.2 Å². The first-order valence-corrected chi connectivity index (χ1v) is 22.4. The lowest BCUT2D eigenvalue weighted by Gasteiger charge is -2.18. The smallest absolute Gasteiger partial charge is 0.306 e. The van der Waals surface area contributed by atoms with Crippen molar-refractivity contribution in [1.82, 2.24) is 0 Å². The van der Waals surface area contributed by atoms with Crippen LogP contribution in [0.4, 0.5) is 0 Å². The van der Waals surface area contributed by atoms with Gasteiger partial charge in [0, 0.05) is 19.3 Å². The van der Waals surface area contributed by atoms with Crippen LogP contribution in [0.2, 0.25) is 0 Å². The molecule has 1 unspecified atom stereocenters. The van der Waals surface area contributed by atoms with Gasteiger partial charge in [0.05, 0.1) is 0 Å². The zero-order valence-electron chi connectivity index (χ0n) is 34.6. The highest BCUT2D eigenvalue weighted by Crippen LogP contribution is 2.16. The van der Waals surface area contributed by atoms with E-state index in [0.717, 1.165) is 63.7 Å². The van der Waals surface area contributed by atoms with Crippen LogP contribution in [0.25, 0.3) is 0 Å². The second kappa shape index (κ2) is 39.6. The van der Waals surface area contributed by atoms with E-state index in [1.54, 1.807) is 0 Å². The average molecular weight is 723 g/mol. The Balaban J connectivity index is 4.34. The summed E-state index contributed by atoms with van der Waals surface area (Å²) in [6, 6.07) is 0. The second-order valence-electron chi connectivity index (χ2n) is 15.6. The van der Waals surface area contributed by atoms with Gasteiger partial charge >= 0.3 is 17.9 Å². The van der Waals surface area contributed by atoms with Gasteiger partial charge in [-0.3, -0.25) is 14.4 Å². The highest BCUT2D eigenvalue weighted by molar-refractivity contribution is 5.71. The van der Waals surface area contributed by atoms with Crippen LogP contribution in [0.5, 0.6) is 0 Å². The standard InChI is InChI=1S/C45H86O6/c1-5-8-10-12-14-16-18-19-20-22-24-30-34-38-45(48)51-42(39-49-43(46)36-32-28-23-21-17-15-13-11-9-6-2)40-50-44(47)37-33-29-26-25-27-31-35-41(4)7-3/h41-42H,5-40H2,1-4H3/t41?,42-/m0/s1. The van der Waals surface area contributed by atoms with E-state index in [0.29, 0.717) is 19.3 Å². The van der Waals surface area contributed by atoms with Crippen molar-refractivity contribution in [3.8, 4) is 0 Å². The van der Waals surface area contributed by atoms with E-state index < -0.39 is 6.10 Å². The minimum atomic E-state index is -0.759. The molecule has 0 aliphatic carbocycles. The molecule has 6 heteroatoms. The molecular weight excluding hydrogens is 636 g/mol. The third-order valence-corrected chi connectivity index (χ3v) is 10.4. The topological polar surface area (TPSA) is 78.9 Å². The monoisotopic (exact) mass is 723 g/mol. The van der Waals surface area contributed by atoms with Gasteiger partial charge in [0.15, 0.2) is 6.10 Å². The van der Waals surface area contributed by atoms with Crippen molar-refractivity contribution < 1.29 is 28.6 Å². The first kappa shape index (κ1) is 49.4. The molecule has 0 aromatic carbocycles. The maximum absolute atomic E-state index is 12.7. The Hall–Kier alpha value is -1.59. The minimum Gasteiger partial charge on any atom is -0.462 e. The molecule has 0 saturated heterocycles. The normalized spacial score (nSPS) is 12.5. The molecule has 0 heterocycles. The Morgan fingerprint density at radius 1 is 0.392 bits per heavy atom. The number of carbonyl (C=O) groups excluding carboxylic acids is 3. The van der Waals surface area contributed by atoms with E-state index in [1.807, 2.05) is 0 Å². The van der Waals surface area contributed by atoms with Gasteiger partial charge in [-0.25, -0.2) is 0 Å². The molecule has 51 heavy (non-hydrogen) atoms. The zero-order chi connectivity index (χ0) is 37.5. The lowest BCUT2D eigenvalue weighted by molar-refractivity contribution is -0.167. The van der Waals surface area contributed by atoms with Gasteiger partial charge in [0.25, 0.3) is 0 Å². The number of rotatable bonds is 40. The Kier molecular flexibility index (Phi) is 38.4. The molecule has 0 aromatic heterocycles. The fourth-order valence-electron chi connectivity index (χ4n) is 6.59. The van der Waals surface area contributed by atoms with Crippen LogP contribution >= 0.6 is 0 Å². The van der Waals surface area contributed by atoms with Crippen molar-refractivity contribution in [1.29, 1.82) is 0 Å². The van der Waals surface area contributed by atoms with Gasteiger partial charge in [-0.1, -0.05) is 207 Å². The van der Waals surface area contributed by atoms with Gasteiger partial charge in [0.1, 0.15) is 13.2 Å². The molecule has 0 fully saturated rings. The predicted octanol–water partition coefficient (Wildman–Crippen LogP) is 13.9. The summed E-state index contributed by atoms with van der Waals surface area (Å²) in [5, 5.41) is 0. The summed E-state index contributed by atoms with van der Waals surface area (Å²) in [7, 11) is 0. The van der Waals surface area contributed by atoms with E-state index in [2.05, 4.69) is 27.7 Å². The molecule has 0 aromatic rings. The third-order valence-electron chi connectivity index (χ3n) is 10.4. The molecule has 0 aliphatic heterocycles. The number of hydrogen-bond donors (Lipinski definition) is 0. The van der Waals surface area contributed by atoms with E-state index >= 15 is 0 Å². The maximum atomic E-state index is 12.7. The molecule has 302 valence electrons. The van der Waals surface area contributed by atoms with Crippen molar-refractivity contribution >= 4 is 17.9 Å². The molecule has 0 saturated carbocycles. The SMILES string of the molecule is CCCCCCCCCCCCCCCC(=O)O[C@@H](COC(=O)CCCCCCCCCCCC)COC(=O)CCCCCCCCC(C)CC. The molecule has 0 radical (unpaired) electrons. The molecular formula is C45H86O6. The fourth-order valence-corrected chi connectivity index (χ4v) is 6.59. The molecule has 0 rings (SSSR count).